The van der Waals surface area contributed by atoms with Gasteiger partial charge in [0.2, 0.25) is 11.8 Å². The summed E-state index contributed by atoms with van der Waals surface area (Å²) in [5.41, 5.74) is 0.953. The fourth-order valence-electron chi connectivity index (χ4n) is 4.05. The average molecular weight is 554 g/mol. The summed E-state index contributed by atoms with van der Waals surface area (Å²) in [7, 11) is -2.63. The number of para-hydroxylation sites is 2. The summed E-state index contributed by atoms with van der Waals surface area (Å²) in [4.78, 5) is 28.2. The Labute approximate surface area is 230 Å². The van der Waals surface area contributed by atoms with Crippen molar-refractivity contribution in [3.05, 3.63) is 84.4 Å². The van der Waals surface area contributed by atoms with Gasteiger partial charge in [0.25, 0.3) is 10.0 Å². The van der Waals surface area contributed by atoms with Crippen LogP contribution in [0.15, 0.2) is 83.8 Å². The van der Waals surface area contributed by atoms with Gasteiger partial charge in [0.1, 0.15) is 24.1 Å². The van der Waals surface area contributed by atoms with Crippen molar-refractivity contribution in [3.63, 3.8) is 0 Å². The fourth-order valence-corrected chi connectivity index (χ4v) is 5.49. The van der Waals surface area contributed by atoms with E-state index in [4.69, 9.17) is 9.47 Å². The summed E-state index contributed by atoms with van der Waals surface area (Å²) in [6.07, 6.45) is 0. The molecule has 3 rings (SSSR count). The molecule has 0 aliphatic carbocycles. The summed E-state index contributed by atoms with van der Waals surface area (Å²) < 4.78 is 39.9. The Hall–Kier alpha value is -4.05. The molecule has 0 radical (unpaired) electrons. The number of amides is 2. The van der Waals surface area contributed by atoms with Crippen molar-refractivity contribution in [2.75, 3.05) is 31.1 Å². The lowest BCUT2D eigenvalue weighted by Crippen LogP contribution is -2.51. The van der Waals surface area contributed by atoms with Crippen LogP contribution < -0.4 is 19.1 Å². The molecule has 0 heterocycles. The van der Waals surface area contributed by atoms with Crippen LogP contribution in [0.4, 0.5) is 5.69 Å². The molecule has 3 aromatic carbocycles. The van der Waals surface area contributed by atoms with E-state index < -0.39 is 28.5 Å². The van der Waals surface area contributed by atoms with Crippen molar-refractivity contribution in [2.24, 2.45) is 0 Å². The summed E-state index contributed by atoms with van der Waals surface area (Å²) in [6.45, 7) is 5.42. The molecule has 1 N–H and O–H groups in total. The van der Waals surface area contributed by atoms with E-state index in [0.717, 1.165) is 9.87 Å². The lowest BCUT2D eigenvalue weighted by molar-refractivity contribution is -0.139. The van der Waals surface area contributed by atoms with Crippen LogP contribution in [0.3, 0.4) is 0 Å². The van der Waals surface area contributed by atoms with Gasteiger partial charge in [0.15, 0.2) is 0 Å². The van der Waals surface area contributed by atoms with E-state index in [1.807, 2.05) is 6.07 Å². The number of hydrogen-bond donors (Lipinski definition) is 1. The number of nitrogens with zero attached hydrogens (tertiary/aromatic N) is 2. The maximum atomic E-state index is 14.0. The molecule has 39 heavy (non-hydrogen) atoms. The molecule has 0 saturated heterocycles. The van der Waals surface area contributed by atoms with Gasteiger partial charge < -0.3 is 19.7 Å². The third-order valence-electron chi connectivity index (χ3n) is 6.05. The smallest absolute Gasteiger partial charge is 0.264 e. The zero-order chi connectivity index (χ0) is 28.4. The Bertz CT molecular complexity index is 1360. The van der Waals surface area contributed by atoms with Crippen molar-refractivity contribution < 1.29 is 27.5 Å². The standard InChI is InChI=1S/C29H35N3O6S/c1-5-30-29(34)22(3)31(20-23-13-12-14-24(19-23)37-4)28(33)21-32(26-17-10-11-18-27(26)38-6-2)39(35,36)25-15-8-7-9-16-25/h7-19,22H,5-6,20-21H2,1-4H3,(H,30,34)/t22-/m0/s1. The first-order chi connectivity index (χ1) is 18.7. The van der Waals surface area contributed by atoms with Gasteiger partial charge in [-0.3, -0.25) is 13.9 Å². The molecule has 0 aliphatic rings. The number of hydrogen-bond acceptors (Lipinski definition) is 6. The normalized spacial score (nSPS) is 11.8. The molecule has 0 unspecified atom stereocenters. The van der Waals surface area contributed by atoms with E-state index in [2.05, 4.69) is 5.32 Å². The Morgan fingerprint density at radius 3 is 2.31 bits per heavy atom. The molecule has 0 bridgehead atoms. The van der Waals surface area contributed by atoms with Crippen LogP contribution in [0.25, 0.3) is 0 Å². The van der Waals surface area contributed by atoms with E-state index in [0.29, 0.717) is 24.7 Å². The van der Waals surface area contributed by atoms with Gasteiger partial charge in [0, 0.05) is 13.1 Å². The highest BCUT2D eigenvalue weighted by Crippen LogP contribution is 2.33. The summed E-state index contributed by atoms with van der Waals surface area (Å²) in [6, 6.07) is 20.9. The molecule has 0 aliphatic heterocycles. The lowest BCUT2D eigenvalue weighted by Gasteiger charge is -2.32. The van der Waals surface area contributed by atoms with Gasteiger partial charge in [-0.15, -0.1) is 0 Å². The molecule has 2 amide bonds. The highest BCUT2D eigenvalue weighted by Gasteiger charge is 2.33. The highest BCUT2D eigenvalue weighted by molar-refractivity contribution is 7.92. The van der Waals surface area contributed by atoms with Crippen molar-refractivity contribution in [3.8, 4) is 11.5 Å². The van der Waals surface area contributed by atoms with Crippen molar-refractivity contribution in [1.29, 1.82) is 0 Å². The topological polar surface area (TPSA) is 105 Å². The zero-order valence-corrected chi connectivity index (χ0v) is 23.5. The molecule has 0 saturated carbocycles. The Kier molecular flexibility index (Phi) is 10.3. The van der Waals surface area contributed by atoms with Crippen LogP contribution in [-0.4, -0.2) is 58.0 Å². The lowest BCUT2D eigenvalue weighted by atomic mass is 10.1. The van der Waals surface area contributed by atoms with Gasteiger partial charge in [-0.1, -0.05) is 42.5 Å². The Morgan fingerprint density at radius 1 is 0.949 bits per heavy atom. The molecular weight excluding hydrogens is 518 g/mol. The predicted molar refractivity (Wildman–Crippen MR) is 150 cm³/mol. The van der Waals surface area contributed by atoms with Crippen LogP contribution in [0.1, 0.15) is 26.3 Å². The number of carbonyl (C=O) groups excluding carboxylic acids is 2. The molecule has 0 spiro atoms. The number of rotatable bonds is 13. The van der Waals surface area contributed by atoms with E-state index in [9.17, 15) is 18.0 Å². The number of methoxy groups -OCH3 is 1. The first-order valence-electron chi connectivity index (χ1n) is 12.7. The minimum Gasteiger partial charge on any atom is -0.497 e. The van der Waals surface area contributed by atoms with Gasteiger partial charge in [-0.25, -0.2) is 8.42 Å². The molecule has 9 nitrogen and oxygen atoms in total. The monoisotopic (exact) mass is 553 g/mol. The highest BCUT2D eigenvalue weighted by atomic mass is 32.2. The van der Waals surface area contributed by atoms with Gasteiger partial charge >= 0.3 is 0 Å². The third kappa shape index (κ3) is 7.29. The van der Waals surface area contributed by atoms with Gasteiger partial charge in [-0.05, 0) is 62.7 Å². The molecule has 0 fully saturated rings. The fraction of sp³-hybridized carbons (Fsp3) is 0.310. The quantitative estimate of drug-likeness (QED) is 0.345. The minimum absolute atomic E-state index is 0.0280. The second kappa shape index (κ2) is 13.7. The SMILES string of the molecule is CCNC(=O)[C@H](C)N(Cc1cccc(OC)c1)C(=O)CN(c1ccccc1OCC)S(=O)(=O)c1ccccc1. The number of anilines is 1. The summed E-state index contributed by atoms with van der Waals surface area (Å²) in [5.74, 6) is 0.0243. The first-order valence-corrected chi connectivity index (χ1v) is 14.2. The molecule has 208 valence electrons. The number of carbonyl (C=O) groups is 2. The second-order valence-electron chi connectivity index (χ2n) is 8.67. The number of benzene rings is 3. The molecular formula is C29H35N3O6S. The molecule has 1 atom stereocenters. The molecule has 3 aromatic rings. The van der Waals surface area contributed by atoms with Crippen molar-refractivity contribution in [1.82, 2.24) is 10.2 Å². The van der Waals surface area contributed by atoms with E-state index in [1.165, 1.54) is 17.0 Å². The van der Waals surface area contributed by atoms with Crippen LogP contribution in [0.2, 0.25) is 0 Å². The molecule has 10 heteroatoms. The third-order valence-corrected chi connectivity index (χ3v) is 7.82. The Balaban J connectivity index is 2.07. The minimum atomic E-state index is -4.18. The van der Waals surface area contributed by atoms with Crippen LogP contribution in [-0.2, 0) is 26.2 Å². The number of ether oxygens (including phenoxy) is 2. The summed E-state index contributed by atoms with van der Waals surface area (Å²) in [5, 5.41) is 2.75. The van der Waals surface area contributed by atoms with Crippen molar-refractivity contribution in [2.45, 2.75) is 38.3 Å². The van der Waals surface area contributed by atoms with E-state index in [1.54, 1.807) is 88.5 Å². The van der Waals surface area contributed by atoms with Gasteiger partial charge in [-0.2, -0.15) is 0 Å². The average Bonchev–Trinajstić information content (AvgIpc) is 2.95. The summed E-state index contributed by atoms with van der Waals surface area (Å²) >= 11 is 0. The maximum absolute atomic E-state index is 14.0. The number of likely N-dealkylation sites (N-methyl/N-ethyl adjacent to an activating group) is 1. The van der Waals surface area contributed by atoms with Crippen molar-refractivity contribution >= 4 is 27.5 Å². The largest absolute Gasteiger partial charge is 0.497 e. The van der Waals surface area contributed by atoms with Crippen LogP contribution in [0.5, 0.6) is 11.5 Å². The predicted octanol–water partition coefficient (Wildman–Crippen LogP) is 3.84. The first kappa shape index (κ1) is 29.5. The number of sulfonamides is 1. The number of nitrogens with one attached hydrogen (secondary N) is 1. The van der Waals surface area contributed by atoms with E-state index >= 15 is 0 Å². The van der Waals surface area contributed by atoms with Crippen LogP contribution in [0, 0.1) is 0 Å². The molecule has 0 aromatic heterocycles. The second-order valence-corrected chi connectivity index (χ2v) is 10.5. The van der Waals surface area contributed by atoms with Crippen LogP contribution >= 0.6 is 0 Å². The Morgan fingerprint density at radius 2 is 1.64 bits per heavy atom. The van der Waals surface area contributed by atoms with E-state index in [-0.39, 0.29) is 23.0 Å². The van der Waals surface area contributed by atoms with Gasteiger partial charge in [0.05, 0.1) is 24.3 Å². The zero-order valence-electron chi connectivity index (χ0n) is 22.7. The maximum Gasteiger partial charge on any atom is 0.264 e.